The number of rotatable bonds is 6. The minimum absolute atomic E-state index is 0.0865. The molecule has 1 fully saturated rings. The SMILES string of the molecule is CN1CCC(c2cc3c(-c4cccc(NCCO)n4)ccnc3[nH]2)CC1.NCCO. The van der Waals surface area contributed by atoms with E-state index in [0.29, 0.717) is 19.0 Å². The highest BCUT2D eigenvalue weighted by Crippen LogP contribution is 2.33. The number of likely N-dealkylation sites (tertiary alicyclic amines) is 1. The van der Waals surface area contributed by atoms with Crippen molar-refractivity contribution in [3.63, 3.8) is 0 Å². The van der Waals surface area contributed by atoms with Crippen LogP contribution >= 0.6 is 0 Å². The highest BCUT2D eigenvalue weighted by atomic mass is 16.3. The predicted octanol–water partition coefficient (Wildman–Crippen LogP) is 1.78. The molecule has 0 aliphatic carbocycles. The summed E-state index contributed by atoms with van der Waals surface area (Å²) in [6, 6.07) is 10.2. The normalized spacial score (nSPS) is 15.1. The van der Waals surface area contributed by atoms with Crippen molar-refractivity contribution in [1.82, 2.24) is 19.9 Å². The van der Waals surface area contributed by atoms with Crippen LogP contribution in [0.4, 0.5) is 5.82 Å². The van der Waals surface area contributed by atoms with Gasteiger partial charge in [-0.3, -0.25) is 0 Å². The van der Waals surface area contributed by atoms with Crippen molar-refractivity contribution < 1.29 is 10.2 Å². The van der Waals surface area contributed by atoms with E-state index in [1.807, 2.05) is 30.5 Å². The number of H-pyrrole nitrogens is 1. The summed E-state index contributed by atoms with van der Waals surface area (Å²) in [5.41, 5.74) is 8.97. The number of nitrogens with zero attached hydrogens (tertiary/aromatic N) is 3. The molecule has 162 valence electrons. The van der Waals surface area contributed by atoms with E-state index in [1.165, 1.54) is 18.5 Å². The van der Waals surface area contributed by atoms with Crippen LogP contribution in [0.1, 0.15) is 24.5 Å². The lowest BCUT2D eigenvalue weighted by atomic mass is 9.93. The van der Waals surface area contributed by atoms with Crippen molar-refractivity contribution >= 4 is 16.9 Å². The number of hydrogen-bond donors (Lipinski definition) is 5. The molecule has 4 rings (SSSR count). The second kappa shape index (κ2) is 11.0. The van der Waals surface area contributed by atoms with E-state index in [1.54, 1.807) is 0 Å². The van der Waals surface area contributed by atoms with Gasteiger partial charge in [0.15, 0.2) is 0 Å². The van der Waals surface area contributed by atoms with Gasteiger partial charge in [0.1, 0.15) is 11.5 Å². The second-order valence-corrected chi connectivity index (χ2v) is 7.49. The van der Waals surface area contributed by atoms with E-state index in [2.05, 4.69) is 33.3 Å². The van der Waals surface area contributed by atoms with Crippen LogP contribution < -0.4 is 11.1 Å². The molecule has 3 aromatic heterocycles. The lowest BCUT2D eigenvalue weighted by Gasteiger charge is -2.28. The number of piperidine rings is 1. The summed E-state index contributed by atoms with van der Waals surface area (Å²) in [5, 5.41) is 21.0. The number of nitrogens with one attached hydrogen (secondary N) is 2. The van der Waals surface area contributed by atoms with Gasteiger partial charge in [-0.15, -0.1) is 0 Å². The number of anilines is 1. The molecule has 6 N–H and O–H groups in total. The molecule has 0 radical (unpaired) electrons. The van der Waals surface area contributed by atoms with E-state index < -0.39 is 0 Å². The lowest BCUT2D eigenvalue weighted by Crippen LogP contribution is -2.29. The smallest absolute Gasteiger partial charge is 0.138 e. The Kier molecular flexibility index (Phi) is 8.15. The minimum Gasteiger partial charge on any atom is -0.395 e. The third kappa shape index (κ3) is 5.54. The molecule has 1 aliphatic heterocycles. The number of aliphatic hydroxyl groups excluding tert-OH is 2. The fourth-order valence-corrected chi connectivity index (χ4v) is 3.68. The first-order valence-corrected chi connectivity index (χ1v) is 10.5. The van der Waals surface area contributed by atoms with Gasteiger partial charge in [-0.25, -0.2) is 9.97 Å². The molecule has 3 aromatic rings. The summed E-state index contributed by atoms with van der Waals surface area (Å²) in [6.45, 7) is 3.33. The number of pyridine rings is 2. The standard InChI is InChI=1S/C20H25N5O.C2H7NO/c1-25-10-6-14(7-11-25)18-13-16-15(5-8-22-20(16)24-18)17-3-2-4-19(23-17)21-9-12-26;3-1-2-4/h2-5,8,13-14,26H,6-7,9-12H2,1H3,(H,21,23)(H,22,24);4H,1-3H2. The number of aromatic nitrogens is 3. The summed E-state index contributed by atoms with van der Waals surface area (Å²) in [7, 11) is 2.19. The highest BCUT2D eigenvalue weighted by Gasteiger charge is 2.21. The molecule has 1 saturated heterocycles. The van der Waals surface area contributed by atoms with Gasteiger partial charge in [0.25, 0.3) is 0 Å². The summed E-state index contributed by atoms with van der Waals surface area (Å²) in [5.74, 6) is 1.34. The maximum absolute atomic E-state index is 8.99. The fraction of sp³-hybridized carbons (Fsp3) is 0.455. The average Bonchev–Trinajstić information content (AvgIpc) is 3.23. The first-order chi connectivity index (χ1) is 14.7. The van der Waals surface area contributed by atoms with Crippen LogP contribution in [0.25, 0.3) is 22.3 Å². The van der Waals surface area contributed by atoms with Crippen molar-refractivity contribution in [2.24, 2.45) is 5.73 Å². The number of nitrogens with two attached hydrogens (primary N) is 1. The van der Waals surface area contributed by atoms with Gasteiger partial charge >= 0.3 is 0 Å². The van der Waals surface area contributed by atoms with Crippen molar-refractivity contribution in [1.29, 1.82) is 0 Å². The monoisotopic (exact) mass is 412 g/mol. The molecule has 0 aromatic carbocycles. The van der Waals surface area contributed by atoms with Crippen molar-refractivity contribution in [3.05, 3.63) is 42.2 Å². The molecule has 8 nitrogen and oxygen atoms in total. The fourth-order valence-electron chi connectivity index (χ4n) is 3.68. The van der Waals surface area contributed by atoms with Gasteiger partial charge in [0.05, 0.1) is 18.9 Å². The zero-order valence-corrected chi connectivity index (χ0v) is 17.5. The minimum atomic E-state index is 0.0865. The van der Waals surface area contributed by atoms with Crippen LogP contribution in [-0.2, 0) is 0 Å². The Morgan fingerprint density at radius 3 is 2.67 bits per heavy atom. The summed E-state index contributed by atoms with van der Waals surface area (Å²) < 4.78 is 0. The Labute approximate surface area is 177 Å². The number of aliphatic hydroxyl groups is 2. The lowest BCUT2D eigenvalue weighted by molar-refractivity contribution is 0.254. The predicted molar refractivity (Wildman–Crippen MR) is 121 cm³/mol. The average molecular weight is 413 g/mol. The molecule has 4 heterocycles. The number of aromatic amines is 1. The Morgan fingerprint density at radius 1 is 1.20 bits per heavy atom. The molecule has 0 bridgehead atoms. The molecular weight excluding hydrogens is 380 g/mol. The van der Waals surface area contributed by atoms with Crippen LogP contribution in [0.5, 0.6) is 0 Å². The van der Waals surface area contributed by atoms with Gasteiger partial charge in [0, 0.05) is 41.8 Å². The molecule has 1 aliphatic rings. The quantitative estimate of drug-likeness (QED) is 0.418. The Morgan fingerprint density at radius 2 is 1.97 bits per heavy atom. The first-order valence-electron chi connectivity index (χ1n) is 10.5. The maximum atomic E-state index is 8.99. The summed E-state index contributed by atoms with van der Waals surface area (Å²) in [6.07, 6.45) is 4.19. The van der Waals surface area contributed by atoms with E-state index in [-0.39, 0.29) is 13.2 Å². The van der Waals surface area contributed by atoms with Crippen molar-refractivity contribution in [2.45, 2.75) is 18.8 Å². The van der Waals surface area contributed by atoms with Gasteiger partial charge in [-0.2, -0.15) is 0 Å². The van der Waals surface area contributed by atoms with E-state index in [9.17, 15) is 0 Å². The summed E-state index contributed by atoms with van der Waals surface area (Å²) >= 11 is 0. The Bertz CT molecular complexity index is 919. The third-order valence-corrected chi connectivity index (χ3v) is 5.28. The van der Waals surface area contributed by atoms with Gasteiger partial charge in [-0.05, 0) is 57.2 Å². The molecule has 0 amide bonds. The highest BCUT2D eigenvalue weighted by molar-refractivity contribution is 5.92. The van der Waals surface area contributed by atoms with Gasteiger partial charge in [0.2, 0.25) is 0 Å². The zero-order chi connectivity index (χ0) is 21.3. The molecule has 0 spiro atoms. The Hall–Kier alpha value is -2.52. The second-order valence-electron chi connectivity index (χ2n) is 7.49. The van der Waals surface area contributed by atoms with Crippen LogP contribution in [-0.4, -0.2) is 76.5 Å². The molecule has 0 saturated carbocycles. The topological polar surface area (TPSA) is 123 Å². The van der Waals surface area contributed by atoms with E-state index in [4.69, 9.17) is 20.9 Å². The molecule has 8 heteroatoms. The number of hydrogen-bond acceptors (Lipinski definition) is 7. The van der Waals surface area contributed by atoms with Gasteiger partial charge in [-0.1, -0.05) is 6.07 Å². The van der Waals surface area contributed by atoms with E-state index in [0.717, 1.165) is 41.2 Å². The number of fused-ring (bicyclic) bond motifs is 1. The molecule has 0 atom stereocenters. The van der Waals surface area contributed by atoms with Crippen LogP contribution in [0, 0.1) is 0 Å². The first kappa shape index (κ1) is 22.2. The zero-order valence-electron chi connectivity index (χ0n) is 17.5. The largest absolute Gasteiger partial charge is 0.395 e. The van der Waals surface area contributed by atoms with Gasteiger partial charge < -0.3 is 31.1 Å². The summed E-state index contributed by atoms with van der Waals surface area (Å²) in [4.78, 5) is 15.1. The van der Waals surface area contributed by atoms with Crippen LogP contribution in [0.15, 0.2) is 36.5 Å². The molecule has 30 heavy (non-hydrogen) atoms. The van der Waals surface area contributed by atoms with Crippen LogP contribution in [0.2, 0.25) is 0 Å². The molecular formula is C22H32N6O2. The van der Waals surface area contributed by atoms with Crippen molar-refractivity contribution in [2.75, 3.05) is 51.8 Å². The van der Waals surface area contributed by atoms with E-state index >= 15 is 0 Å². The third-order valence-electron chi connectivity index (χ3n) is 5.28. The van der Waals surface area contributed by atoms with Crippen molar-refractivity contribution in [3.8, 4) is 11.3 Å². The maximum Gasteiger partial charge on any atom is 0.138 e. The molecule has 0 unspecified atom stereocenters. The Balaban J connectivity index is 0.000000589. The van der Waals surface area contributed by atoms with Crippen LogP contribution in [0.3, 0.4) is 0 Å².